The zero-order valence-electron chi connectivity index (χ0n) is 8.80. The Balaban J connectivity index is 2.13. The largest absolute Gasteiger partial charge is 0.330 e. The van der Waals surface area contributed by atoms with Crippen molar-refractivity contribution in [3.05, 3.63) is 36.2 Å². The van der Waals surface area contributed by atoms with Gasteiger partial charge in [-0.2, -0.15) is 5.10 Å². The lowest BCUT2D eigenvalue weighted by atomic mass is 10.4. The number of hydrogen-bond donors (Lipinski definition) is 1. The number of aromatic nitrogens is 4. The van der Waals surface area contributed by atoms with E-state index >= 15 is 0 Å². The maximum atomic E-state index is 5.51. The van der Waals surface area contributed by atoms with Gasteiger partial charge >= 0.3 is 0 Å². The summed E-state index contributed by atoms with van der Waals surface area (Å²) in [5, 5.41) is 4.32. The van der Waals surface area contributed by atoms with E-state index in [1.54, 1.807) is 10.9 Å². The van der Waals surface area contributed by atoms with Gasteiger partial charge in [0.2, 0.25) is 0 Å². The molecule has 0 aliphatic rings. The number of hydrogen-bond acceptors (Lipinski definition) is 3. The minimum Gasteiger partial charge on any atom is -0.330 e. The molecule has 2 rings (SSSR count). The molecule has 0 aliphatic carbocycles. The molecular weight excluding hydrogens is 190 g/mol. The van der Waals surface area contributed by atoms with Crippen LogP contribution in [0.3, 0.4) is 0 Å². The van der Waals surface area contributed by atoms with E-state index in [4.69, 9.17) is 5.73 Å². The van der Waals surface area contributed by atoms with Gasteiger partial charge in [-0.1, -0.05) is 0 Å². The Morgan fingerprint density at radius 1 is 1.40 bits per heavy atom. The van der Waals surface area contributed by atoms with Crippen LogP contribution in [0.15, 0.2) is 24.7 Å². The normalized spacial score (nSPS) is 10.8. The van der Waals surface area contributed by atoms with Crippen LogP contribution in [0.1, 0.15) is 11.5 Å². The molecule has 0 spiro atoms. The molecule has 2 aromatic heterocycles. The molecule has 5 nitrogen and oxygen atoms in total. The Hall–Kier alpha value is -1.62. The van der Waals surface area contributed by atoms with Crippen molar-refractivity contribution in [3.63, 3.8) is 0 Å². The minimum absolute atomic E-state index is 0.624. The fraction of sp³-hybridized carbons (Fsp3) is 0.400. The van der Waals surface area contributed by atoms with Gasteiger partial charge in [0.15, 0.2) is 0 Å². The van der Waals surface area contributed by atoms with Crippen molar-refractivity contribution < 1.29 is 0 Å². The van der Waals surface area contributed by atoms with Crippen molar-refractivity contribution in [1.29, 1.82) is 0 Å². The second kappa shape index (κ2) is 4.27. The van der Waals surface area contributed by atoms with Crippen molar-refractivity contribution in [2.75, 3.05) is 6.54 Å². The van der Waals surface area contributed by atoms with Crippen LogP contribution in [-0.4, -0.2) is 25.9 Å². The number of imidazole rings is 1. The fourth-order valence-corrected chi connectivity index (χ4v) is 1.56. The van der Waals surface area contributed by atoms with Crippen LogP contribution < -0.4 is 5.73 Å². The molecule has 5 heteroatoms. The Morgan fingerprint density at radius 3 is 2.93 bits per heavy atom. The molecule has 15 heavy (non-hydrogen) atoms. The molecule has 80 valence electrons. The first kappa shape index (κ1) is 9.92. The van der Waals surface area contributed by atoms with Crippen LogP contribution in [0.4, 0.5) is 0 Å². The number of nitrogens with zero attached hydrogens (tertiary/aromatic N) is 4. The molecule has 0 saturated carbocycles. The lowest BCUT2D eigenvalue weighted by Gasteiger charge is -2.04. The molecule has 2 N–H and O–H groups in total. The van der Waals surface area contributed by atoms with E-state index in [0.717, 1.165) is 24.5 Å². The Kier molecular flexibility index (Phi) is 2.82. The van der Waals surface area contributed by atoms with Gasteiger partial charge in [0.25, 0.3) is 0 Å². The van der Waals surface area contributed by atoms with Crippen molar-refractivity contribution in [3.8, 4) is 0 Å². The first-order chi connectivity index (χ1) is 7.29. The molecule has 0 saturated heterocycles. The summed E-state index contributed by atoms with van der Waals surface area (Å²) in [4.78, 5) is 4.26. The van der Waals surface area contributed by atoms with Crippen molar-refractivity contribution >= 4 is 0 Å². The van der Waals surface area contributed by atoms with E-state index in [1.165, 1.54) is 0 Å². The SMILES string of the molecule is Cn1ccc(Cn2ccnc2CCN)n1. The summed E-state index contributed by atoms with van der Waals surface area (Å²) in [6, 6.07) is 2.01. The molecule has 0 atom stereocenters. The first-order valence-electron chi connectivity index (χ1n) is 4.98. The average Bonchev–Trinajstić information content (AvgIpc) is 2.78. The highest BCUT2D eigenvalue weighted by molar-refractivity contribution is 5.03. The van der Waals surface area contributed by atoms with Gasteiger partial charge in [0.1, 0.15) is 5.82 Å². The number of rotatable bonds is 4. The Morgan fingerprint density at radius 2 is 2.27 bits per heavy atom. The molecule has 0 aromatic carbocycles. The van der Waals surface area contributed by atoms with Crippen LogP contribution in [0, 0.1) is 0 Å². The van der Waals surface area contributed by atoms with E-state index in [-0.39, 0.29) is 0 Å². The van der Waals surface area contributed by atoms with Crippen molar-refractivity contribution in [2.24, 2.45) is 12.8 Å². The average molecular weight is 205 g/mol. The molecule has 0 unspecified atom stereocenters. The summed E-state index contributed by atoms with van der Waals surface area (Å²) >= 11 is 0. The predicted molar refractivity (Wildman–Crippen MR) is 57.3 cm³/mol. The topological polar surface area (TPSA) is 61.7 Å². The van der Waals surface area contributed by atoms with Crippen molar-refractivity contribution in [2.45, 2.75) is 13.0 Å². The smallest absolute Gasteiger partial charge is 0.110 e. The molecule has 0 radical (unpaired) electrons. The molecule has 2 heterocycles. The first-order valence-corrected chi connectivity index (χ1v) is 4.98. The highest BCUT2D eigenvalue weighted by atomic mass is 15.3. The second-order valence-corrected chi connectivity index (χ2v) is 3.49. The van der Waals surface area contributed by atoms with Gasteiger partial charge in [-0.3, -0.25) is 4.68 Å². The third-order valence-electron chi connectivity index (χ3n) is 2.27. The third kappa shape index (κ3) is 2.24. The quantitative estimate of drug-likeness (QED) is 0.773. The number of aryl methyl sites for hydroxylation is 1. The summed E-state index contributed by atoms with van der Waals surface area (Å²) < 4.78 is 3.88. The van der Waals surface area contributed by atoms with Gasteiger partial charge in [0, 0.05) is 32.1 Å². The van der Waals surface area contributed by atoms with Crippen LogP contribution in [0.25, 0.3) is 0 Å². The third-order valence-corrected chi connectivity index (χ3v) is 2.27. The highest BCUT2D eigenvalue weighted by Gasteiger charge is 2.03. The van der Waals surface area contributed by atoms with Crippen LogP contribution in [0.2, 0.25) is 0 Å². The monoisotopic (exact) mass is 205 g/mol. The molecule has 0 bridgehead atoms. The van der Waals surface area contributed by atoms with Crippen molar-refractivity contribution in [1.82, 2.24) is 19.3 Å². The van der Waals surface area contributed by atoms with E-state index in [1.807, 2.05) is 25.5 Å². The molecule has 0 fully saturated rings. The predicted octanol–water partition coefficient (Wildman–Crippen LogP) is 0.166. The lowest BCUT2D eigenvalue weighted by molar-refractivity contribution is 0.675. The van der Waals surface area contributed by atoms with E-state index in [0.29, 0.717) is 6.54 Å². The summed E-state index contributed by atoms with van der Waals surface area (Å²) in [6.07, 6.45) is 6.50. The zero-order chi connectivity index (χ0) is 10.7. The molecule has 0 aliphatic heterocycles. The van der Waals surface area contributed by atoms with Crippen LogP contribution in [-0.2, 0) is 20.0 Å². The lowest BCUT2D eigenvalue weighted by Crippen LogP contribution is -2.10. The molecular formula is C10H15N5. The Bertz CT molecular complexity index is 428. The van der Waals surface area contributed by atoms with Crippen LogP contribution >= 0.6 is 0 Å². The minimum atomic E-state index is 0.624. The van der Waals surface area contributed by atoms with E-state index < -0.39 is 0 Å². The van der Waals surface area contributed by atoms with Crippen LogP contribution in [0.5, 0.6) is 0 Å². The van der Waals surface area contributed by atoms with Gasteiger partial charge in [0.05, 0.1) is 12.2 Å². The van der Waals surface area contributed by atoms with Gasteiger partial charge < -0.3 is 10.3 Å². The van der Waals surface area contributed by atoms with Gasteiger partial charge in [-0.15, -0.1) is 0 Å². The fourth-order valence-electron chi connectivity index (χ4n) is 1.56. The number of nitrogens with two attached hydrogens (primary N) is 1. The maximum absolute atomic E-state index is 5.51. The standard InChI is InChI=1S/C10H15N5/c1-14-6-3-9(13-14)8-15-7-5-12-10(15)2-4-11/h3,5-7H,2,4,8,11H2,1H3. The van der Waals surface area contributed by atoms with Gasteiger partial charge in [-0.25, -0.2) is 4.98 Å². The molecule has 2 aromatic rings. The van der Waals surface area contributed by atoms with E-state index in [9.17, 15) is 0 Å². The highest BCUT2D eigenvalue weighted by Crippen LogP contribution is 2.03. The molecule has 0 amide bonds. The summed E-state index contributed by atoms with van der Waals surface area (Å²) in [6.45, 7) is 1.38. The maximum Gasteiger partial charge on any atom is 0.110 e. The summed E-state index contributed by atoms with van der Waals surface area (Å²) in [5.41, 5.74) is 6.55. The summed E-state index contributed by atoms with van der Waals surface area (Å²) in [7, 11) is 1.91. The zero-order valence-corrected chi connectivity index (χ0v) is 8.80. The Labute approximate surface area is 88.5 Å². The second-order valence-electron chi connectivity index (χ2n) is 3.49. The van der Waals surface area contributed by atoms with Gasteiger partial charge in [-0.05, 0) is 12.6 Å². The van der Waals surface area contributed by atoms with E-state index in [2.05, 4.69) is 14.6 Å². The summed E-state index contributed by atoms with van der Waals surface area (Å²) in [5.74, 6) is 1.02.